The van der Waals surface area contributed by atoms with Crippen LogP contribution in [0.4, 0.5) is 11.5 Å². The maximum Gasteiger partial charge on any atom is 0.252 e. The molecule has 2 aromatic rings. The molecule has 6 rings (SSSR count). The summed E-state index contributed by atoms with van der Waals surface area (Å²) < 4.78 is 0. The summed E-state index contributed by atoms with van der Waals surface area (Å²) in [6.45, 7) is 8.24. The number of nitrogens with zero attached hydrogens (tertiary/aromatic N) is 2. The third-order valence-corrected chi connectivity index (χ3v) is 7.82. The fourth-order valence-electron chi connectivity index (χ4n) is 6.56. The van der Waals surface area contributed by atoms with Gasteiger partial charge in [-0.05, 0) is 53.0 Å². The summed E-state index contributed by atoms with van der Waals surface area (Å²) in [5.41, 5.74) is 1.95. The maximum absolute atomic E-state index is 14.9. The number of anilines is 2. The van der Waals surface area contributed by atoms with Crippen LogP contribution < -0.4 is 10.2 Å². The van der Waals surface area contributed by atoms with Crippen molar-refractivity contribution in [1.82, 2.24) is 4.98 Å². The first-order chi connectivity index (χ1) is 16.6. The molecule has 2 aliphatic heterocycles. The molecular formula is C29H29N3O3. The molecule has 0 saturated heterocycles. The van der Waals surface area contributed by atoms with Gasteiger partial charge in [0.2, 0.25) is 0 Å². The molecule has 3 heterocycles. The molecule has 1 unspecified atom stereocenters. The number of amides is 1. The minimum atomic E-state index is -1.33. The van der Waals surface area contributed by atoms with Crippen molar-refractivity contribution in [3.05, 3.63) is 76.8 Å². The molecule has 0 radical (unpaired) electrons. The molecule has 6 heteroatoms. The van der Waals surface area contributed by atoms with E-state index in [0.29, 0.717) is 54.2 Å². The smallest absolute Gasteiger partial charge is 0.252 e. The third-order valence-electron chi connectivity index (χ3n) is 7.82. The van der Waals surface area contributed by atoms with Crippen molar-refractivity contribution in [2.45, 2.75) is 58.8 Å². The van der Waals surface area contributed by atoms with Gasteiger partial charge in [-0.15, -0.1) is 0 Å². The summed E-state index contributed by atoms with van der Waals surface area (Å²) in [7, 11) is 0. The van der Waals surface area contributed by atoms with Gasteiger partial charge in [0.1, 0.15) is 11.2 Å². The summed E-state index contributed by atoms with van der Waals surface area (Å²) in [5, 5.41) is 3.35. The van der Waals surface area contributed by atoms with E-state index < -0.39 is 5.41 Å². The molecule has 1 aromatic carbocycles. The van der Waals surface area contributed by atoms with Crippen molar-refractivity contribution in [3.63, 3.8) is 0 Å². The average molecular weight is 468 g/mol. The highest BCUT2D eigenvalue weighted by Crippen LogP contribution is 2.61. The van der Waals surface area contributed by atoms with Crippen LogP contribution in [-0.4, -0.2) is 22.5 Å². The van der Waals surface area contributed by atoms with E-state index in [-0.39, 0.29) is 28.3 Å². The number of Topliss-reactive ketones (excluding diaryl/α,β-unsaturated/α-hetero) is 2. The van der Waals surface area contributed by atoms with Crippen molar-refractivity contribution < 1.29 is 14.4 Å². The molecule has 1 aromatic heterocycles. The quantitative estimate of drug-likeness (QED) is 0.633. The molecule has 4 aliphatic rings. The Bertz CT molecular complexity index is 1380. The van der Waals surface area contributed by atoms with Gasteiger partial charge in [-0.1, -0.05) is 52.0 Å². The van der Waals surface area contributed by atoms with E-state index in [2.05, 4.69) is 38.0 Å². The highest BCUT2D eigenvalue weighted by atomic mass is 16.2. The van der Waals surface area contributed by atoms with Gasteiger partial charge in [-0.2, -0.15) is 0 Å². The summed E-state index contributed by atoms with van der Waals surface area (Å²) in [6, 6.07) is 13.1. The minimum Gasteiger partial charge on any atom is -0.352 e. The molecule has 2 aliphatic carbocycles. The van der Waals surface area contributed by atoms with Crippen LogP contribution in [0.3, 0.4) is 0 Å². The van der Waals surface area contributed by atoms with Crippen LogP contribution in [0.5, 0.6) is 0 Å². The van der Waals surface area contributed by atoms with Crippen LogP contribution in [0.2, 0.25) is 0 Å². The lowest BCUT2D eigenvalue weighted by Crippen LogP contribution is -2.50. The fourth-order valence-corrected chi connectivity index (χ4v) is 6.56. The molecule has 1 spiro atoms. The largest absolute Gasteiger partial charge is 0.352 e. The van der Waals surface area contributed by atoms with E-state index >= 15 is 0 Å². The molecule has 1 amide bonds. The number of rotatable bonds is 1. The lowest BCUT2D eigenvalue weighted by Gasteiger charge is -2.45. The Labute approximate surface area is 205 Å². The van der Waals surface area contributed by atoms with Crippen LogP contribution in [-0.2, 0) is 19.8 Å². The Hall–Kier alpha value is -3.54. The number of hydrogen-bond acceptors (Lipinski definition) is 5. The van der Waals surface area contributed by atoms with Gasteiger partial charge in [0.25, 0.3) is 5.91 Å². The van der Waals surface area contributed by atoms with Gasteiger partial charge in [0.15, 0.2) is 11.6 Å². The Balaban J connectivity index is 1.73. The molecule has 1 atom stereocenters. The maximum atomic E-state index is 14.9. The summed E-state index contributed by atoms with van der Waals surface area (Å²) in [4.78, 5) is 48.5. The second kappa shape index (κ2) is 7.00. The molecule has 0 bridgehead atoms. The Morgan fingerprint density at radius 3 is 2.26 bits per heavy atom. The zero-order valence-electron chi connectivity index (χ0n) is 20.6. The SMILES string of the molecule is CC1(C)CC(=O)C2=C(C1)N(c1ccccn1)C(=O)C21C2=C(Nc3ccccc31)C(=O)CC(C)(C)C2. The molecule has 178 valence electrons. The summed E-state index contributed by atoms with van der Waals surface area (Å²) >= 11 is 0. The third kappa shape index (κ3) is 2.95. The monoisotopic (exact) mass is 467 g/mol. The van der Waals surface area contributed by atoms with E-state index in [4.69, 9.17) is 0 Å². The number of carbonyl (C=O) groups excluding carboxylic acids is 3. The number of hydrogen-bond donors (Lipinski definition) is 1. The molecule has 1 N–H and O–H groups in total. The molecule has 0 saturated carbocycles. The standard InChI is InChI=1S/C29H29N3O3/c1-27(2)13-18-25(22(34)16-27)31-19-10-6-5-9-17(19)29(18)24-20(14-28(3,4)15-21(24)33)32(26(29)35)23-11-7-8-12-30-23/h5-12,31H,13-16H2,1-4H3. The van der Waals surface area contributed by atoms with Crippen LogP contribution in [0, 0.1) is 10.8 Å². The summed E-state index contributed by atoms with van der Waals surface area (Å²) in [6.07, 6.45) is 3.53. The van der Waals surface area contributed by atoms with E-state index in [0.717, 1.165) is 11.1 Å². The highest BCUT2D eigenvalue weighted by Gasteiger charge is 2.64. The van der Waals surface area contributed by atoms with Crippen molar-refractivity contribution in [1.29, 1.82) is 0 Å². The number of fused-ring (bicyclic) bond motifs is 4. The van der Waals surface area contributed by atoms with Crippen LogP contribution in [0.25, 0.3) is 0 Å². The van der Waals surface area contributed by atoms with Crippen molar-refractivity contribution in [2.75, 3.05) is 10.2 Å². The van der Waals surface area contributed by atoms with Crippen molar-refractivity contribution in [2.24, 2.45) is 10.8 Å². The molecule has 0 fully saturated rings. The van der Waals surface area contributed by atoms with Crippen molar-refractivity contribution >= 4 is 29.0 Å². The molecule has 35 heavy (non-hydrogen) atoms. The molecule has 6 nitrogen and oxygen atoms in total. The fraction of sp³-hybridized carbons (Fsp3) is 0.379. The number of allylic oxidation sites excluding steroid dienone is 2. The van der Waals surface area contributed by atoms with Crippen LogP contribution >= 0.6 is 0 Å². The van der Waals surface area contributed by atoms with Crippen LogP contribution in [0.15, 0.2) is 71.2 Å². The van der Waals surface area contributed by atoms with Crippen molar-refractivity contribution in [3.8, 4) is 0 Å². The van der Waals surface area contributed by atoms with Crippen LogP contribution in [0.1, 0.15) is 58.9 Å². The first-order valence-electron chi connectivity index (χ1n) is 12.2. The number of aromatic nitrogens is 1. The van der Waals surface area contributed by atoms with E-state index in [1.54, 1.807) is 11.1 Å². The number of carbonyl (C=O) groups is 3. The Kier molecular flexibility index (Phi) is 4.39. The van der Waals surface area contributed by atoms with Gasteiger partial charge < -0.3 is 5.32 Å². The predicted octanol–water partition coefficient (Wildman–Crippen LogP) is 5.08. The first-order valence-corrected chi connectivity index (χ1v) is 12.2. The number of ketones is 2. The number of para-hydroxylation sites is 1. The number of pyridine rings is 1. The van der Waals surface area contributed by atoms with Gasteiger partial charge in [-0.3, -0.25) is 19.3 Å². The number of benzene rings is 1. The average Bonchev–Trinajstić information content (AvgIpc) is 3.03. The zero-order valence-corrected chi connectivity index (χ0v) is 20.6. The van der Waals surface area contributed by atoms with Gasteiger partial charge >= 0.3 is 0 Å². The predicted molar refractivity (Wildman–Crippen MR) is 134 cm³/mol. The first kappa shape index (κ1) is 22.0. The Morgan fingerprint density at radius 1 is 0.829 bits per heavy atom. The summed E-state index contributed by atoms with van der Waals surface area (Å²) in [5.74, 6) is 0.258. The normalized spacial score (nSPS) is 26.5. The van der Waals surface area contributed by atoms with Gasteiger partial charge in [0.05, 0.1) is 5.70 Å². The highest BCUT2D eigenvalue weighted by molar-refractivity contribution is 6.23. The topological polar surface area (TPSA) is 79.4 Å². The lowest BCUT2D eigenvalue weighted by molar-refractivity contribution is -0.124. The second-order valence-electron chi connectivity index (χ2n) is 11.8. The minimum absolute atomic E-state index is 0.0139. The number of nitrogens with one attached hydrogen (secondary N) is 1. The molecular weight excluding hydrogens is 438 g/mol. The van der Waals surface area contributed by atoms with E-state index in [9.17, 15) is 14.4 Å². The second-order valence-corrected chi connectivity index (χ2v) is 11.8. The van der Waals surface area contributed by atoms with Gasteiger partial charge in [0, 0.05) is 36.0 Å². The van der Waals surface area contributed by atoms with E-state index in [1.807, 2.05) is 42.5 Å². The zero-order chi connectivity index (χ0) is 24.8. The van der Waals surface area contributed by atoms with E-state index in [1.165, 1.54) is 0 Å². The Morgan fingerprint density at radius 2 is 1.51 bits per heavy atom. The lowest BCUT2D eigenvalue weighted by atomic mass is 9.57. The van der Waals surface area contributed by atoms with Gasteiger partial charge in [-0.25, -0.2) is 4.98 Å².